The highest BCUT2D eigenvalue weighted by Crippen LogP contribution is 2.24. The zero-order chi connectivity index (χ0) is 15.1. The molecule has 1 unspecified atom stereocenters. The van der Waals surface area contributed by atoms with Crippen molar-refractivity contribution in [2.45, 2.75) is 46.5 Å². The van der Waals surface area contributed by atoms with Crippen LogP contribution in [-0.2, 0) is 6.42 Å². The molecule has 0 N–H and O–H groups in total. The van der Waals surface area contributed by atoms with E-state index < -0.39 is 0 Å². The number of hydrogen-bond acceptors (Lipinski definition) is 0. The van der Waals surface area contributed by atoms with Gasteiger partial charge in [-0.05, 0) is 41.4 Å². The first-order valence-electron chi connectivity index (χ1n) is 8.33. The molecule has 0 saturated heterocycles. The summed E-state index contributed by atoms with van der Waals surface area (Å²) in [4.78, 5) is 0. The Balaban J connectivity index is 2.04. The predicted octanol–water partition coefficient (Wildman–Crippen LogP) is 6.36. The van der Waals surface area contributed by atoms with Crippen molar-refractivity contribution < 1.29 is 0 Å². The molecule has 0 heteroatoms. The lowest BCUT2D eigenvalue weighted by Gasteiger charge is -2.18. The summed E-state index contributed by atoms with van der Waals surface area (Å²) < 4.78 is 0. The second-order valence-electron chi connectivity index (χ2n) is 6.55. The van der Waals surface area contributed by atoms with Crippen LogP contribution in [0.2, 0.25) is 0 Å². The number of benzene rings is 2. The van der Waals surface area contributed by atoms with Crippen molar-refractivity contribution in [1.29, 1.82) is 0 Å². The van der Waals surface area contributed by atoms with Gasteiger partial charge in [-0.15, -0.1) is 0 Å². The predicted molar refractivity (Wildman–Crippen MR) is 93.4 cm³/mol. The summed E-state index contributed by atoms with van der Waals surface area (Å²) in [5.41, 5.74) is 4.10. The number of hydrogen-bond donors (Lipinski definition) is 0. The summed E-state index contributed by atoms with van der Waals surface area (Å²) in [5, 5.41) is 0. The van der Waals surface area contributed by atoms with E-state index in [1.54, 1.807) is 0 Å². The molecular formula is C21H28. The molecule has 0 aliphatic rings. The molecule has 0 heterocycles. The lowest BCUT2D eigenvalue weighted by molar-refractivity contribution is 0.381. The fourth-order valence-electron chi connectivity index (χ4n) is 3.18. The van der Waals surface area contributed by atoms with E-state index in [-0.39, 0.29) is 0 Å². The van der Waals surface area contributed by atoms with Gasteiger partial charge in [-0.3, -0.25) is 0 Å². The topological polar surface area (TPSA) is 0 Å². The summed E-state index contributed by atoms with van der Waals surface area (Å²) in [6.45, 7) is 6.97. The third kappa shape index (κ3) is 5.04. The van der Waals surface area contributed by atoms with E-state index in [1.165, 1.54) is 42.4 Å². The Morgan fingerprint density at radius 1 is 0.810 bits per heavy atom. The van der Waals surface area contributed by atoms with Gasteiger partial charge < -0.3 is 0 Å². The average molecular weight is 280 g/mol. The van der Waals surface area contributed by atoms with Crippen LogP contribution in [0.3, 0.4) is 0 Å². The van der Waals surface area contributed by atoms with Gasteiger partial charge in [0, 0.05) is 0 Å². The van der Waals surface area contributed by atoms with Crippen molar-refractivity contribution >= 4 is 0 Å². The summed E-state index contributed by atoms with van der Waals surface area (Å²) in [6, 6.07) is 19.8. The monoisotopic (exact) mass is 280 g/mol. The minimum Gasteiger partial charge on any atom is -0.0654 e. The fourth-order valence-corrected chi connectivity index (χ4v) is 3.18. The van der Waals surface area contributed by atoms with E-state index in [1.807, 2.05) is 0 Å². The Kier molecular flexibility index (Phi) is 6.04. The first-order chi connectivity index (χ1) is 10.2. The molecule has 112 valence electrons. The van der Waals surface area contributed by atoms with Crippen LogP contribution < -0.4 is 0 Å². The normalized spacial score (nSPS) is 12.6. The molecule has 0 aromatic heterocycles. The maximum Gasteiger partial charge on any atom is -0.0184 e. The highest BCUT2D eigenvalue weighted by molar-refractivity contribution is 5.63. The van der Waals surface area contributed by atoms with E-state index in [2.05, 4.69) is 75.4 Å². The van der Waals surface area contributed by atoms with Gasteiger partial charge in [-0.25, -0.2) is 0 Å². The summed E-state index contributed by atoms with van der Waals surface area (Å²) in [7, 11) is 0. The maximum absolute atomic E-state index is 2.33. The van der Waals surface area contributed by atoms with E-state index in [0.29, 0.717) is 0 Å². The fraction of sp³-hybridized carbons (Fsp3) is 0.429. The highest BCUT2D eigenvalue weighted by atomic mass is 14.2. The zero-order valence-corrected chi connectivity index (χ0v) is 13.7. The molecule has 21 heavy (non-hydrogen) atoms. The standard InChI is InChI=1S/C21H28/c1-4-8-19(15-17(2)3)16-18-11-13-21(14-12-18)20-9-6-5-7-10-20/h5-7,9-14,17,19H,4,8,15-16H2,1-3H3. The first kappa shape index (κ1) is 15.8. The van der Waals surface area contributed by atoms with E-state index in [0.717, 1.165) is 11.8 Å². The van der Waals surface area contributed by atoms with Gasteiger partial charge in [0.2, 0.25) is 0 Å². The molecule has 0 saturated carbocycles. The Hall–Kier alpha value is -1.56. The van der Waals surface area contributed by atoms with E-state index >= 15 is 0 Å². The lowest BCUT2D eigenvalue weighted by Crippen LogP contribution is -2.08. The van der Waals surface area contributed by atoms with Crippen molar-refractivity contribution in [2.75, 3.05) is 0 Å². The lowest BCUT2D eigenvalue weighted by atomic mass is 9.87. The van der Waals surface area contributed by atoms with Gasteiger partial charge in [0.15, 0.2) is 0 Å². The molecule has 2 aromatic rings. The zero-order valence-electron chi connectivity index (χ0n) is 13.7. The van der Waals surface area contributed by atoms with Crippen molar-refractivity contribution in [3.05, 3.63) is 60.2 Å². The average Bonchev–Trinajstić information content (AvgIpc) is 2.48. The third-order valence-corrected chi connectivity index (χ3v) is 4.09. The molecular weight excluding hydrogens is 252 g/mol. The number of rotatable bonds is 7. The Morgan fingerprint density at radius 2 is 1.43 bits per heavy atom. The highest BCUT2D eigenvalue weighted by Gasteiger charge is 2.11. The molecule has 0 aliphatic carbocycles. The minimum absolute atomic E-state index is 0.796. The minimum atomic E-state index is 0.796. The summed E-state index contributed by atoms with van der Waals surface area (Å²) >= 11 is 0. The van der Waals surface area contributed by atoms with Gasteiger partial charge in [-0.1, -0.05) is 88.2 Å². The van der Waals surface area contributed by atoms with Gasteiger partial charge in [0.05, 0.1) is 0 Å². The Morgan fingerprint density at radius 3 is 2.00 bits per heavy atom. The van der Waals surface area contributed by atoms with Crippen molar-refractivity contribution in [1.82, 2.24) is 0 Å². The molecule has 2 rings (SSSR count). The van der Waals surface area contributed by atoms with Crippen LogP contribution in [0.5, 0.6) is 0 Å². The van der Waals surface area contributed by atoms with Crippen LogP contribution in [-0.4, -0.2) is 0 Å². The van der Waals surface area contributed by atoms with Crippen molar-refractivity contribution in [3.63, 3.8) is 0 Å². The van der Waals surface area contributed by atoms with Crippen molar-refractivity contribution in [3.8, 4) is 11.1 Å². The molecule has 0 radical (unpaired) electrons. The van der Waals surface area contributed by atoms with Crippen LogP contribution >= 0.6 is 0 Å². The van der Waals surface area contributed by atoms with Crippen molar-refractivity contribution in [2.24, 2.45) is 11.8 Å². The van der Waals surface area contributed by atoms with Gasteiger partial charge in [-0.2, -0.15) is 0 Å². The van der Waals surface area contributed by atoms with Crippen LogP contribution in [0, 0.1) is 11.8 Å². The SMILES string of the molecule is CCCC(Cc1ccc(-c2ccccc2)cc1)CC(C)C. The quantitative estimate of drug-likeness (QED) is 0.553. The van der Waals surface area contributed by atoms with Crippen LogP contribution in [0.4, 0.5) is 0 Å². The van der Waals surface area contributed by atoms with Gasteiger partial charge >= 0.3 is 0 Å². The summed E-state index contributed by atoms with van der Waals surface area (Å²) in [6.07, 6.45) is 5.20. The molecule has 2 aromatic carbocycles. The van der Waals surface area contributed by atoms with Gasteiger partial charge in [0.1, 0.15) is 0 Å². The third-order valence-electron chi connectivity index (χ3n) is 4.09. The molecule has 0 amide bonds. The Labute approximate surface area is 130 Å². The van der Waals surface area contributed by atoms with E-state index in [4.69, 9.17) is 0 Å². The molecule has 1 atom stereocenters. The summed E-state index contributed by atoms with van der Waals surface area (Å²) in [5.74, 6) is 1.63. The molecule has 0 fully saturated rings. The first-order valence-corrected chi connectivity index (χ1v) is 8.33. The second kappa shape index (κ2) is 8.02. The maximum atomic E-state index is 2.33. The van der Waals surface area contributed by atoms with Crippen LogP contribution in [0.1, 0.15) is 45.6 Å². The van der Waals surface area contributed by atoms with E-state index in [9.17, 15) is 0 Å². The molecule has 0 nitrogen and oxygen atoms in total. The molecule has 0 spiro atoms. The van der Waals surface area contributed by atoms with Crippen LogP contribution in [0.15, 0.2) is 54.6 Å². The second-order valence-corrected chi connectivity index (χ2v) is 6.55. The smallest absolute Gasteiger partial charge is 0.0184 e. The van der Waals surface area contributed by atoms with Gasteiger partial charge in [0.25, 0.3) is 0 Å². The molecule has 0 bridgehead atoms. The molecule has 0 aliphatic heterocycles. The largest absolute Gasteiger partial charge is 0.0654 e. The Bertz CT molecular complexity index is 507. The van der Waals surface area contributed by atoms with Crippen LogP contribution in [0.25, 0.3) is 11.1 Å².